The summed E-state index contributed by atoms with van der Waals surface area (Å²) in [6, 6.07) is 15.9. The molecule has 2 aromatic rings. The minimum absolute atomic E-state index is 0.703. The van der Waals surface area contributed by atoms with Gasteiger partial charge in [-0.05, 0) is 30.2 Å². The molecular formula is C15H16BrNO. The third-order valence-corrected chi connectivity index (χ3v) is 3.18. The third kappa shape index (κ3) is 3.26. The summed E-state index contributed by atoms with van der Waals surface area (Å²) >= 11 is 3.40. The highest BCUT2D eigenvalue weighted by Crippen LogP contribution is 2.31. The van der Waals surface area contributed by atoms with Gasteiger partial charge in [-0.15, -0.1) is 0 Å². The Hall–Kier alpha value is -1.48. The standard InChI is InChI=1S/C15H16BrNO/c16-9-4-10-18-15-8-7-13(17)11-14(15)12-5-2-1-3-6-12/h1-3,5-8,11H,4,9-10,17H2. The molecule has 0 atom stereocenters. The Bertz CT molecular complexity index is 499. The minimum Gasteiger partial charge on any atom is -0.493 e. The normalized spacial score (nSPS) is 10.3. The van der Waals surface area contributed by atoms with Gasteiger partial charge in [0.2, 0.25) is 0 Å². The van der Waals surface area contributed by atoms with E-state index in [0.29, 0.717) is 6.61 Å². The van der Waals surface area contributed by atoms with Gasteiger partial charge < -0.3 is 10.5 Å². The molecule has 94 valence electrons. The van der Waals surface area contributed by atoms with E-state index in [2.05, 4.69) is 28.1 Å². The van der Waals surface area contributed by atoms with Crippen molar-refractivity contribution in [2.24, 2.45) is 0 Å². The van der Waals surface area contributed by atoms with E-state index in [1.165, 1.54) is 0 Å². The Kier molecular flexibility index (Phi) is 4.65. The van der Waals surface area contributed by atoms with Crippen molar-refractivity contribution >= 4 is 21.6 Å². The van der Waals surface area contributed by atoms with Crippen LogP contribution in [-0.4, -0.2) is 11.9 Å². The van der Waals surface area contributed by atoms with Crippen LogP contribution in [-0.2, 0) is 0 Å². The van der Waals surface area contributed by atoms with Crippen LogP contribution in [0.2, 0.25) is 0 Å². The number of hydrogen-bond donors (Lipinski definition) is 1. The van der Waals surface area contributed by atoms with Crippen molar-refractivity contribution in [2.45, 2.75) is 6.42 Å². The molecule has 0 fully saturated rings. The summed E-state index contributed by atoms with van der Waals surface area (Å²) in [7, 11) is 0. The number of alkyl halides is 1. The maximum absolute atomic E-state index is 5.86. The average molecular weight is 306 g/mol. The summed E-state index contributed by atoms with van der Waals surface area (Å²) in [5.74, 6) is 0.886. The summed E-state index contributed by atoms with van der Waals surface area (Å²) in [5.41, 5.74) is 8.78. The van der Waals surface area contributed by atoms with Crippen molar-refractivity contribution in [3.8, 4) is 16.9 Å². The van der Waals surface area contributed by atoms with Gasteiger partial charge in [-0.25, -0.2) is 0 Å². The van der Waals surface area contributed by atoms with Crippen molar-refractivity contribution in [1.82, 2.24) is 0 Å². The molecule has 0 bridgehead atoms. The van der Waals surface area contributed by atoms with Crippen LogP contribution in [0.25, 0.3) is 11.1 Å². The van der Waals surface area contributed by atoms with Gasteiger partial charge in [0.05, 0.1) is 6.61 Å². The van der Waals surface area contributed by atoms with E-state index < -0.39 is 0 Å². The number of hydrogen-bond acceptors (Lipinski definition) is 2. The molecule has 0 radical (unpaired) electrons. The van der Waals surface area contributed by atoms with E-state index in [4.69, 9.17) is 10.5 Å². The lowest BCUT2D eigenvalue weighted by Gasteiger charge is -2.12. The molecule has 0 aliphatic carbocycles. The summed E-state index contributed by atoms with van der Waals surface area (Å²) < 4.78 is 5.80. The van der Waals surface area contributed by atoms with Crippen LogP contribution in [0.1, 0.15) is 6.42 Å². The molecule has 2 nitrogen and oxygen atoms in total. The quantitative estimate of drug-likeness (QED) is 0.513. The molecule has 0 aliphatic heterocycles. The molecule has 0 aromatic heterocycles. The molecule has 0 unspecified atom stereocenters. The van der Waals surface area contributed by atoms with E-state index in [-0.39, 0.29) is 0 Å². The van der Waals surface area contributed by atoms with Gasteiger partial charge in [0.15, 0.2) is 0 Å². The van der Waals surface area contributed by atoms with E-state index in [1.807, 2.05) is 36.4 Å². The summed E-state index contributed by atoms with van der Waals surface area (Å²) in [6.45, 7) is 0.703. The zero-order chi connectivity index (χ0) is 12.8. The molecule has 18 heavy (non-hydrogen) atoms. The summed E-state index contributed by atoms with van der Waals surface area (Å²) in [4.78, 5) is 0. The number of rotatable bonds is 5. The largest absolute Gasteiger partial charge is 0.493 e. The Morgan fingerprint density at radius 3 is 2.56 bits per heavy atom. The fourth-order valence-corrected chi connectivity index (χ4v) is 1.98. The zero-order valence-electron chi connectivity index (χ0n) is 10.1. The summed E-state index contributed by atoms with van der Waals surface area (Å²) in [6.07, 6.45) is 0.985. The van der Waals surface area contributed by atoms with Crippen LogP contribution in [0, 0.1) is 0 Å². The van der Waals surface area contributed by atoms with Gasteiger partial charge >= 0.3 is 0 Å². The van der Waals surface area contributed by atoms with Crippen molar-refractivity contribution in [2.75, 3.05) is 17.7 Å². The first kappa shape index (κ1) is 13.0. The number of ether oxygens (including phenoxy) is 1. The lowest BCUT2D eigenvalue weighted by atomic mass is 10.0. The van der Waals surface area contributed by atoms with E-state index >= 15 is 0 Å². The zero-order valence-corrected chi connectivity index (χ0v) is 11.7. The highest BCUT2D eigenvalue weighted by atomic mass is 79.9. The third-order valence-electron chi connectivity index (χ3n) is 2.62. The molecule has 0 aliphatic rings. The second-order valence-electron chi connectivity index (χ2n) is 4.01. The van der Waals surface area contributed by atoms with Crippen LogP contribution in [0.3, 0.4) is 0 Å². The van der Waals surface area contributed by atoms with Gasteiger partial charge in [-0.2, -0.15) is 0 Å². The second kappa shape index (κ2) is 6.45. The van der Waals surface area contributed by atoms with Crippen LogP contribution in [0.5, 0.6) is 5.75 Å². The van der Waals surface area contributed by atoms with Crippen molar-refractivity contribution < 1.29 is 4.74 Å². The molecule has 0 saturated heterocycles. The highest BCUT2D eigenvalue weighted by Gasteiger charge is 2.06. The summed E-state index contributed by atoms with van der Waals surface area (Å²) in [5, 5.41) is 0.947. The first-order chi connectivity index (χ1) is 8.81. The number of nitrogen functional groups attached to an aromatic ring is 1. The van der Waals surface area contributed by atoms with Crippen LogP contribution in [0.4, 0.5) is 5.69 Å². The minimum atomic E-state index is 0.703. The van der Waals surface area contributed by atoms with E-state index in [9.17, 15) is 0 Å². The maximum Gasteiger partial charge on any atom is 0.127 e. The maximum atomic E-state index is 5.86. The highest BCUT2D eigenvalue weighted by molar-refractivity contribution is 9.09. The molecule has 0 amide bonds. The van der Waals surface area contributed by atoms with Gasteiger partial charge in [-0.1, -0.05) is 46.3 Å². The molecular weight excluding hydrogens is 290 g/mol. The smallest absolute Gasteiger partial charge is 0.127 e. The molecule has 0 spiro atoms. The van der Waals surface area contributed by atoms with Crippen molar-refractivity contribution in [3.63, 3.8) is 0 Å². The molecule has 2 rings (SSSR count). The SMILES string of the molecule is Nc1ccc(OCCCBr)c(-c2ccccc2)c1. The molecule has 2 aromatic carbocycles. The molecule has 2 N–H and O–H groups in total. The first-order valence-electron chi connectivity index (χ1n) is 5.95. The van der Waals surface area contributed by atoms with Gasteiger partial charge in [0, 0.05) is 16.6 Å². The van der Waals surface area contributed by atoms with E-state index in [0.717, 1.165) is 34.3 Å². The lowest BCUT2D eigenvalue weighted by Crippen LogP contribution is -1.99. The van der Waals surface area contributed by atoms with Gasteiger partial charge in [0.1, 0.15) is 5.75 Å². The van der Waals surface area contributed by atoms with Crippen LogP contribution in [0.15, 0.2) is 48.5 Å². The number of benzene rings is 2. The monoisotopic (exact) mass is 305 g/mol. The number of halogens is 1. The average Bonchev–Trinajstić information content (AvgIpc) is 2.41. The van der Waals surface area contributed by atoms with Crippen molar-refractivity contribution in [1.29, 1.82) is 0 Å². The van der Waals surface area contributed by atoms with Crippen molar-refractivity contribution in [3.05, 3.63) is 48.5 Å². The van der Waals surface area contributed by atoms with E-state index in [1.54, 1.807) is 0 Å². The lowest BCUT2D eigenvalue weighted by molar-refractivity contribution is 0.320. The van der Waals surface area contributed by atoms with Gasteiger partial charge in [-0.3, -0.25) is 0 Å². The predicted molar refractivity (Wildman–Crippen MR) is 80.2 cm³/mol. The van der Waals surface area contributed by atoms with Crippen LogP contribution < -0.4 is 10.5 Å². The number of nitrogens with two attached hydrogens (primary N) is 1. The molecule has 3 heteroatoms. The Labute approximate surface area is 116 Å². The topological polar surface area (TPSA) is 35.2 Å². The fraction of sp³-hybridized carbons (Fsp3) is 0.200. The van der Waals surface area contributed by atoms with Crippen LogP contribution >= 0.6 is 15.9 Å². The van der Waals surface area contributed by atoms with Gasteiger partial charge in [0.25, 0.3) is 0 Å². The Balaban J connectivity index is 2.29. The Morgan fingerprint density at radius 2 is 1.83 bits per heavy atom. The fourth-order valence-electron chi connectivity index (χ4n) is 1.75. The Morgan fingerprint density at radius 1 is 1.06 bits per heavy atom. The second-order valence-corrected chi connectivity index (χ2v) is 4.81. The predicted octanol–water partition coefficient (Wildman–Crippen LogP) is 4.10. The molecule has 0 saturated carbocycles. The first-order valence-corrected chi connectivity index (χ1v) is 7.07. The molecule has 0 heterocycles. The number of anilines is 1.